The van der Waals surface area contributed by atoms with Crippen LogP contribution in [0.15, 0.2) is 66.1 Å². The summed E-state index contributed by atoms with van der Waals surface area (Å²) in [5, 5.41) is 13.7. The highest BCUT2D eigenvalue weighted by atomic mass is 16.5. The third-order valence-electron chi connectivity index (χ3n) is 4.71. The molecule has 166 valence electrons. The third kappa shape index (κ3) is 7.61. The maximum absolute atomic E-state index is 11.9. The van der Waals surface area contributed by atoms with E-state index in [0.29, 0.717) is 30.1 Å². The number of carbonyl (C=O) groups excluding carboxylic acids is 1. The first-order valence-electron chi connectivity index (χ1n) is 10.8. The summed E-state index contributed by atoms with van der Waals surface area (Å²) in [6, 6.07) is 15.5. The Balaban J connectivity index is 2.31. The summed E-state index contributed by atoms with van der Waals surface area (Å²) < 4.78 is 11.2. The van der Waals surface area contributed by atoms with E-state index in [1.54, 1.807) is 13.8 Å². The first-order valence-corrected chi connectivity index (χ1v) is 10.8. The van der Waals surface area contributed by atoms with Crippen molar-refractivity contribution in [1.29, 1.82) is 0 Å². The van der Waals surface area contributed by atoms with E-state index in [9.17, 15) is 9.90 Å². The molecule has 2 rings (SSSR count). The van der Waals surface area contributed by atoms with Crippen LogP contribution in [-0.2, 0) is 22.5 Å². The molecule has 0 amide bonds. The molecule has 2 aromatic rings. The Morgan fingerprint density at radius 1 is 1.10 bits per heavy atom. The van der Waals surface area contributed by atoms with Gasteiger partial charge in [-0.05, 0) is 49.7 Å². The van der Waals surface area contributed by atoms with Crippen LogP contribution in [0.3, 0.4) is 0 Å². The number of aliphatic hydroxyl groups excluding tert-OH is 1. The zero-order valence-electron chi connectivity index (χ0n) is 18.9. The van der Waals surface area contributed by atoms with Crippen LogP contribution in [0.1, 0.15) is 50.8 Å². The topological polar surface area (TPSA) is 67.8 Å². The van der Waals surface area contributed by atoms with Crippen molar-refractivity contribution in [2.24, 2.45) is 0 Å². The molecule has 0 spiro atoms. The number of hydrogen-bond donors (Lipinski definition) is 2. The lowest BCUT2D eigenvalue weighted by atomic mass is 10.0. The smallest absolute Gasteiger partial charge is 0.310 e. The van der Waals surface area contributed by atoms with Crippen molar-refractivity contribution in [2.45, 2.75) is 47.1 Å². The van der Waals surface area contributed by atoms with Gasteiger partial charge in [-0.15, -0.1) is 0 Å². The van der Waals surface area contributed by atoms with Crippen molar-refractivity contribution in [2.75, 3.05) is 13.2 Å². The molecule has 0 saturated heterocycles. The molecule has 2 N–H and O–H groups in total. The third-order valence-corrected chi connectivity index (χ3v) is 4.71. The van der Waals surface area contributed by atoms with E-state index < -0.39 is 0 Å². The van der Waals surface area contributed by atoms with Gasteiger partial charge in [0.1, 0.15) is 11.5 Å². The van der Waals surface area contributed by atoms with Gasteiger partial charge in [0.2, 0.25) is 0 Å². The van der Waals surface area contributed by atoms with Crippen LogP contribution in [0.5, 0.6) is 5.75 Å². The highest BCUT2D eigenvalue weighted by Crippen LogP contribution is 2.27. The van der Waals surface area contributed by atoms with E-state index in [1.165, 1.54) is 0 Å². The summed E-state index contributed by atoms with van der Waals surface area (Å²) in [7, 11) is 0. The lowest BCUT2D eigenvalue weighted by Crippen LogP contribution is -2.11. The van der Waals surface area contributed by atoms with Gasteiger partial charge in [-0.25, -0.2) is 0 Å². The Hall–Kier alpha value is -3.05. The fourth-order valence-electron chi connectivity index (χ4n) is 3.14. The molecule has 31 heavy (non-hydrogen) atoms. The van der Waals surface area contributed by atoms with Crippen LogP contribution in [-0.4, -0.2) is 24.2 Å². The average molecular weight is 424 g/mol. The Morgan fingerprint density at radius 3 is 2.55 bits per heavy atom. The van der Waals surface area contributed by atoms with Crippen molar-refractivity contribution in [3.63, 3.8) is 0 Å². The molecule has 2 aromatic carbocycles. The second-order valence-electron chi connectivity index (χ2n) is 7.14. The number of aliphatic hydroxyl groups is 1. The van der Waals surface area contributed by atoms with Crippen molar-refractivity contribution in [3.8, 4) is 5.75 Å². The fourth-order valence-corrected chi connectivity index (χ4v) is 3.14. The Labute approximate surface area is 185 Å². The number of allylic oxidation sites excluding steroid dienone is 4. The van der Waals surface area contributed by atoms with Crippen LogP contribution >= 0.6 is 0 Å². The lowest BCUT2D eigenvalue weighted by molar-refractivity contribution is -0.142. The molecule has 0 aliphatic heterocycles. The van der Waals surface area contributed by atoms with E-state index in [4.69, 9.17) is 9.47 Å². The van der Waals surface area contributed by atoms with Gasteiger partial charge >= 0.3 is 5.97 Å². The number of hydrogen-bond acceptors (Lipinski definition) is 5. The highest BCUT2D eigenvalue weighted by Gasteiger charge is 2.12. The van der Waals surface area contributed by atoms with Gasteiger partial charge in [0.25, 0.3) is 0 Å². The van der Waals surface area contributed by atoms with Gasteiger partial charge in [0.05, 0.1) is 18.8 Å². The predicted octanol–water partition coefficient (Wildman–Crippen LogP) is 5.56. The summed E-state index contributed by atoms with van der Waals surface area (Å²) in [4.78, 5) is 11.9. The van der Waals surface area contributed by atoms with Gasteiger partial charge in [0.15, 0.2) is 0 Å². The molecule has 0 unspecified atom stereocenters. The number of nitrogens with one attached hydrogen (secondary N) is 1. The van der Waals surface area contributed by atoms with E-state index in [-0.39, 0.29) is 18.1 Å². The number of carbonyl (C=O) groups is 1. The molecule has 5 heteroatoms. The summed E-state index contributed by atoms with van der Waals surface area (Å²) in [5.41, 5.74) is 3.53. The van der Waals surface area contributed by atoms with Gasteiger partial charge in [0, 0.05) is 24.1 Å². The predicted molar refractivity (Wildman–Crippen MR) is 125 cm³/mol. The van der Waals surface area contributed by atoms with E-state index in [2.05, 4.69) is 24.4 Å². The molecule has 0 aromatic heterocycles. The summed E-state index contributed by atoms with van der Waals surface area (Å²) in [6.07, 6.45) is 2.64. The van der Waals surface area contributed by atoms with Crippen molar-refractivity contribution in [3.05, 3.63) is 82.8 Å². The molecular weight excluding hydrogens is 390 g/mol. The average Bonchev–Trinajstić information content (AvgIpc) is 2.76. The zero-order chi connectivity index (χ0) is 22.6. The molecule has 0 heterocycles. The second kappa shape index (κ2) is 12.6. The molecule has 0 saturated carbocycles. The van der Waals surface area contributed by atoms with E-state index in [1.807, 2.05) is 49.4 Å². The molecule has 5 nitrogen and oxygen atoms in total. The van der Waals surface area contributed by atoms with Crippen molar-refractivity contribution in [1.82, 2.24) is 5.32 Å². The lowest BCUT2D eigenvalue weighted by Gasteiger charge is -2.14. The Kier molecular flexibility index (Phi) is 9.85. The van der Waals surface area contributed by atoms with Gasteiger partial charge in [-0.1, -0.05) is 50.2 Å². The minimum atomic E-state index is -0.287. The summed E-state index contributed by atoms with van der Waals surface area (Å²) >= 11 is 0. The van der Waals surface area contributed by atoms with Crippen LogP contribution in [0.25, 0.3) is 5.57 Å². The number of ether oxygens (including phenoxy) is 2. The van der Waals surface area contributed by atoms with E-state index in [0.717, 1.165) is 29.8 Å². The zero-order valence-corrected chi connectivity index (χ0v) is 18.9. The largest absolute Gasteiger partial charge is 0.512 e. The maximum Gasteiger partial charge on any atom is 0.310 e. The van der Waals surface area contributed by atoms with Crippen molar-refractivity contribution < 1.29 is 19.4 Å². The number of esters is 1. The normalized spacial score (nSPS) is 12.3. The quantitative estimate of drug-likeness (QED) is 0.281. The molecule has 0 radical (unpaired) electrons. The second-order valence-corrected chi connectivity index (χ2v) is 7.14. The number of benzene rings is 2. The van der Waals surface area contributed by atoms with Gasteiger partial charge < -0.3 is 19.9 Å². The Morgan fingerprint density at radius 2 is 1.87 bits per heavy atom. The fraction of sp³-hybridized carbons (Fsp3) is 0.346. The number of rotatable bonds is 11. The Bertz CT molecular complexity index is 927. The molecule has 0 atom stereocenters. The van der Waals surface area contributed by atoms with Crippen LogP contribution in [0.4, 0.5) is 0 Å². The van der Waals surface area contributed by atoms with Crippen LogP contribution in [0.2, 0.25) is 0 Å². The maximum atomic E-state index is 11.9. The van der Waals surface area contributed by atoms with Crippen LogP contribution < -0.4 is 10.1 Å². The van der Waals surface area contributed by atoms with Crippen LogP contribution in [0, 0.1) is 0 Å². The first-order chi connectivity index (χ1) is 15.0. The van der Waals surface area contributed by atoms with Gasteiger partial charge in [-0.3, -0.25) is 4.79 Å². The first kappa shape index (κ1) is 24.2. The van der Waals surface area contributed by atoms with Crippen molar-refractivity contribution >= 4 is 11.5 Å². The monoisotopic (exact) mass is 423 g/mol. The van der Waals surface area contributed by atoms with E-state index >= 15 is 0 Å². The minimum Gasteiger partial charge on any atom is -0.512 e. The molecule has 0 bridgehead atoms. The highest BCUT2D eigenvalue weighted by molar-refractivity contribution is 5.76. The SMILES string of the molecule is CCNCc1cccc(C(/C=C(\CC)Oc2ccccc2CC(=O)OCC)=C(/C)O)c1. The van der Waals surface area contributed by atoms with Gasteiger partial charge in [-0.2, -0.15) is 0 Å². The molecule has 0 fully saturated rings. The number of para-hydroxylation sites is 1. The standard InChI is InChI=1S/C26H33NO4/c1-5-23(31-25-14-9-8-12-22(25)16-26(29)30-7-3)17-24(19(4)28)21-13-10-11-20(15-21)18-27-6-2/h8-15,17,27-28H,5-7,16,18H2,1-4H3/b23-17+,24-19-. The summed E-state index contributed by atoms with van der Waals surface area (Å²) in [6.45, 7) is 9.53. The minimum absolute atomic E-state index is 0.148. The molecule has 0 aliphatic rings. The summed E-state index contributed by atoms with van der Waals surface area (Å²) in [5.74, 6) is 1.23. The molecular formula is C26H33NO4. The molecule has 0 aliphatic carbocycles.